The zero-order chi connectivity index (χ0) is 10.1. The van der Waals surface area contributed by atoms with Gasteiger partial charge in [0, 0.05) is 12.0 Å². The molecule has 1 aromatic carbocycles. The van der Waals surface area contributed by atoms with E-state index >= 15 is 0 Å². The van der Waals surface area contributed by atoms with E-state index in [4.69, 9.17) is 9.47 Å². The van der Waals surface area contributed by atoms with Gasteiger partial charge in [-0.05, 0) is 22.0 Å². The second kappa shape index (κ2) is 3.61. The number of rotatable bonds is 2. The summed E-state index contributed by atoms with van der Waals surface area (Å²) in [7, 11) is 1.56. The summed E-state index contributed by atoms with van der Waals surface area (Å²) in [6.45, 7) is 0.645. The highest BCUT2D eigenvalue weighted by Crippen LogP contribution is 2.41. The van der Waals surface area contributed by atoms with Crippen molar-refractivity contribution in [2.24, 2.45) is 0 Å². The van der Waals surface area contributed by atoms with Gasteiger partial charge in [-0.2, -0.15) is 0 Å². The summed E-state index contributed by atoms with van der Waals surface area (Å²) in [5.41, 5.74) is 1.53. The number of methoxy groups -OCH3 is 1. The van der Waals surface area contributed by atoms with Crippen LogP contribution in [0, 0.1) is 0 Å². The molecule has 1 aliphatic rings. The second-order valence-corrected chi connectivity index (χ2v) is 3.86. The monoisotopic (exact) mass is 256 g/mol. The van der Waals surface area contributed by atoms with Crippen LogP contribution >= 0.6 is 15.9 Å². The van der Waals surface area contributed by atoms with Gasteiger partial charge in [0.05, 0.1) is 23.8 Å². The highest BCUT2D eigenvalue weighted by Gasteiger charge is 2.22. The van der Waals surface area contributed by atoms with Crippen molar-refractivity contribution >= 4 is 22.2 Å². The molecule has 0 spiro atoms. The van der Waals surface area contributed by atoms with Crippen LogP contribution in [0.2, 0.25) is 0 Å². The minimum Gasteiger partial charge on any atom is -0.496 e. The number of fused-ring (bicyclic) bond motifs is 1. The van der Waals surface area contributed by atoms with Gasteiger partial charge in [-0.25, -0.2) is 0 Å². The van der Waals surface area contributed by atoms with Crippen molar-refractivity contribution in [3.05, 3.63) is 21.7 Å². The third kappa shape index (κ3) is 1.30. The fraction of sp³-hybridized carbons (Fsp3) is 0.300. The average molecular weight is 257 g/mol. The Labute approximate surface area is 90.1 Å². The standard InChI is InChI=1S/C10H9BrO3/c1-13-9-6(5-12)4-8(11)10-7(9)2-3-14-10/h4-5H,2-3H2,1H3. The van der Waals surface area contributed by atoms with Crippen LogP contribution in [0.15, 0.2) is 10.5 Å². The fourth-order valence-electron chi connectivity index (χ4n) is 1.66. The predicted molar refractivity (Wildman–Crippen MR) is 55.3 cm³/mol. The molecule has 0 bridgehead atoms. The molecular weight excluding hydrogens is 248 g/mol. The molecule has 3 nitrogen and oxygen atoms in total. The van der Waals surface area contributed by atoms with E-state index in [1.54, 1.807) is 13.2 Å². The van der Waals surface area contributed by atoms with Crippen molar-refractivity contribution in [3.63, 3.8) is 0 Å². The van der Waals surface area contributed by atoms with Crippen LogP contribution < -0.4 is 9.47 Å². The van der Waals surface area contributed by atoms with Crippen molar-refractivity contribution in [2.45, 2.75) is 6.42 Å². The van der Waals surface area contributed by atoms with Crippen LogP contribution in [0.1, 0.15) is 15.9 Å². The lowest BCUT2D eigenvalue weighted by Gasteiger charge is -2.09. The summed E-state index contributed by atoms with van der Waals surface area (Å²) >= 11 is 3.36. The van der Waals surface area contributed by atoms with Crippen LogP contribution in [0.5, 0.6) is 11.5 Å². The van der Waals surface area contributed by atoms with Crippen LogP contribution in [-0.2, 0) is 6.42 Å². The number of carbonyl (C=O) groups excluding carboxylic acids is 1. The lowest BCUT2D eigenvalue weighted by molar-refractivity contribution is 0.112. The molecule has 2 rings (SSSR count). The van der Waals surface area contributed by atoms with Crippen molar-refractivity contribution in [1.82, 2.24) is 0 Å². The summed E-state index contributed by atoms with van der Waals surface area (Å²) in [5.74, 6) is 1.43. The number of halogens is 1. The first-order chi connectivity index (χ1) is 6.77. The lowest BCUT2D eigenvalue weighted by Crippen LogP contribution is -1.95. The molecule has 0 N–H and O–H groups in total. The molecule has 1 aliphatic heterocycles. The first kappa shape index (κ1) is 9.52. The highest BCUT2D eigenvalue weighted by molar-refractivity contribution is 9.10. The number of hydrogen-bond acceptors (Lipinski definition) is 3. The molecule has 0 saturated heterocycles. The first-order valence-electron chi connectivity index (χ1n) is 4.25. The molecule has 0 aromatic heterocycles. The molecule has 4 heteroatoms. The molecule has 1 heterocycles. The number of hydrogen-bond donors (Lipinski definition) is 0. The molecule has 0 saturated carbocycles. The SMILES string of the molecule is COc1c(C=O)cc(Br)c2c1CCO2. The Balaban J connectivity index is 2.67. The third-order valence-corrected chi connectivity index (χ3v) is 2.83. The molecule has 0 aliphatic carbocycles. The summed E-state index contributed by atoms with van der Waals surface area (Å²) in [5, 5.41) is 0. The zero-order valence-electron chi connectivity index (χ0n) is 7.67. The van der Waals surface area contributed by atoms with Crippen molar-refractivity contribution in [2.75, 3.05) is 13.7 Å². The zero-order valence-corrected chi connectivity index (χ0v) is 9.26. The van der Waals surface area contributed by atoms with Crippen molar-refractivity contribution in [3.8, 4) is 11.5 Å². The minimum absolute atomic E-state index is 0.559. The molecule has 0 amide bonds. The van der Waals surface area contributed by atoms with Crippen LogP contribution in [0.4, 0.5) is 0 Å². The van der Waals surface area contributed by atoms with Gasteiger partial charge >= 0.3 is 0 Å². The summed E-state index contributed by atoms with van der Waals surface area (Å²) in [6, 6.07) is 1.72. The van der Waals surface area contributed by atoms with Gasteiger partial charge in [0.25, 0.3) is 0 Å². The van der Waals surface area contributed by atoms with E-state index in [0.29, 0.717) is 17.9 Å². The smallest absolute Gasteiger partial charge is 0.153 e. The van der Waals surface area contributed by atoms with Gasteiger partial charge < -0.3 is 9.47 Å². The Morgan fingerprint density at radius 2 is 2.43 bits per heavy atom. The maximum atomic E-state index is 10.8. The van der Waals surface area contributed by atoms with Gasteiger partial charge in [-0.3, -0.25) is 4.79 Å². The van der Waals surface area contributed by atoms with Crippen LogP contribution in [0.25, 0.3) is 0 Å². The van der Waals surface area contributed by atoms with Gasteiger partial charge in [-0.15, -0.1) is 0 Å². The first-order valence-corrected chi connectivity index (χ1v) is 5.04. The third-order valence-electron chi connectivity index (χ3n) is 2.24. The Kier molecular flexibility index (Phi) is 2.46. The molecule has 1 aromatic rings. The number of aldehydes is 1. The Morgan fingerprint density at radius 1 is 1.64 bits per heavy atom. The van der Waals surface area contributed by atoms with Gasteiger partial charge in [0.2, 0.25) is 0 Å². The molecule has 0 fully saturated rings. The molecule has 14 heavy (non-hydrogen) atoms. The molecule has 0 unspecified atom stereocenters. The molecule has 74 valence electrons. The Bertz CT molecular complexity index is 387. The van der Waals surface area contributed by atoms with Crippen molar-refractivity contribution in [1.29, 1.82) is 0 Å². The maximum absolute atomic E-state index is 10.8. The summed E-state index contributed by atoms with van der Waals surface area (Å²) in [6.07, 6.45) is 1.58. The Hall–Kier alpha value is -1.03. The van der Waals surface area contributed by atoms with Crippen LogP contribution in [-0.4, -0.2) is 20.0 Å². The van der Waals surface area contributed by atoms with E-state index in [1.165, 1.54) is 0 Å². The van der Waals surface area contributed by atoms with Crippen LogP contribution in [0.3, 0.4) is 0 Å². The van der Waals surface area contributed by atoms with Gasteiger partial charge in [0.15, 0.2) is 6.29 Å². The average Bonchev–Trinajstić information content (AvgIpc) is 2.66. The van der Waals surface area contributed by atoms with Gasteiger partial charge in [0.1, 0.15) is 11.5 Å². The fourth-order valence-corrected chi connectivity index (χ4v) is 2.26. The van der Waals surface area contributed by atoms with Crippen molar-refractivity contribution < 1.29 is 14.3 Å². The second-order valence-electron chi connectivity index (χ2n) is 3.00. The van der Waals surface area contributed by atoms with E-state index < -0.39 is 0 Å². The summed E-state index contributed by atoms with van der Waals surface area (Å²) < 4.78 is 11.4. The lowest BCUT2D eigenvalue weighted by atomic mass is 10.1. The van der Waals surface area contributed by atoms with E-state index in [2.05, 4.69) is 15.9 Å². The van der Waals surface area contributed by atoms with E-state index in [-0.39, 0.29) is 0 Å². The normalized spacial score (nSPS) is 13.3. The van der Waals surface area contributed by atoms with Gasteiger partial charge in [-0.1, -0.05) is 0 Å². The quantitative estimate of drug-likeness (QED) is 0.762. The Morgan fingerprint density at radius 3 is 3.07 bits per heavy atom. The number of ether oxygens (including phenoxy) is 2. The van der Waals surface area contributed by atoms with E-state index in [0.717, 1.165) is 28.5 Å². The number of benzene rings is 1. The van der Waals surface area contributed by atoms with E-state index in [9.17, 15) is 4.79 Å². The van der Waals surface area contributed by atoms with E-state index in [1.807, 2.05) is 0 Å². The number of carbonyl (C=O) groups is 1. The molecule has 0 atom stereocenters. The molecular formula is C10H9BrO3. The topological polar surface area (TPSA) is 35.5 Å². The highest BCUT2D eigenvalue weighted by atomic mass is 79.9. The largest absolute Gasteiger partial charge is 0.496 e. The minimum atomic E-state index is 0.559. The maximum Gasteiger partial charge on any atom is 0.153 e. The summed E-state index contributed by atoms with van der Waals surface area (Å²) in [4.78, 5) is 10.8. The predicted octanol–water partition coefficient (Wildman–Crippen LogP) is 2.21. The molecule has 0 radical (unpaired) electrons.